The Morgan fingerprint density at radius 3 is 2.19 bits per heavy atom. The fourth-order valence-electron chi connectivity index (χ4n) is 2.21. The van der Waals surface area contributed by atoms with Crippen LogP contribution in [-0.4, -0.2) is 25.6 Å². The molecule has 7 heteroatoms. The average Bonchev–Trinajstić information content (AvgIpc) is 2.54. The van der Waals surface area contributed by atoms with Crippen molar-refractivity contribution in [2.24, 2.45) is 0 Å². The average molecular weight is 393 g/mol. The summed E-state index contributed by atoms with van der Waals surface area (Å²) in [7, 11) is -3.57. The molecule has 0 aliphatic heterocycles. The molecule has 0 unspecified atom stereocenters. The maximum absolute atomic E-state index is 12.3. The van der Waals surface area contributed by atoms with Crippen molar-refractivity contribution < 1.29 is 13.2 Å². The molecule has 0 bridgehead atoms. The van der Waals surface area contributed by atoms with Crippen LogP contribution in [0.15, 0.2) is 59.5 Å². The number of rotatable bonds is 7. The SMILES string of the molecule is CC(C)(C)NS(=O)(=O)c1ccc(NC(=O)CSCc2ccccc2)cc1. The first kappa shape index (κ1) is 20.5. The summed E-state index contributed by atoms with van der Waals surface area (Å²) in [6, 6.07) is 16.1. The monoisotopic (exact) mass is 392 g/mol. The predicted octanol–water partition coefficient (Wildman–Crippen LogP) is 3.64. The first-order valence-corrected chi connectivity index (χ1v) is 10.9. The molecule has 0 atom stereocenters. The van der Waals surface area contributed by atoms with Gasteiger partial charge in [-0.25, -0.2) is 13.1 Å². The summed E-state index contributed by atoms with van der Waals surface area (Å²) < 4.78 is 27.1. The Bertz CT molecular complexity index is 827. The van der Waals surface area contributed by atoms with E-state index in [4.69, 9.17) is 0 Å². The van der Waals surface area contributed by atoms with Crippen molar-refractivity contribution in [1.82, 2.24) is 4.72 Å². The van der Waals surface area contributed by atoms with Crippen LogP contribution < -0.4 is 10.0 Å². The van der Waals surface area contributed by atoms with Crippen LogP contribution in [0.3, 0.4) is 0 Å². The highest BCUT2D eigenvalue weighted by molar-refractivity contribution is 7.99. The minimum Gasteiger partial charge on any atom is -0.325 e. The third-order valence-corrected chi connectivity index (χ3v) is 6.01. The van der Waals surface area contributed by atoms with E-state index >= 15 is 0 Å². The van der Waals surface area contributed by atoms with Crippen LogP contribution in [0.1, 0.15) is 26.3 Å². The van der Waals surface area contributed by atoms with Crippen LogP contribution in [0.4, 0.5) is 5.69 Å². The van der Waals surface area contributed by atoms with Crippen LogP contribution in [0.5, 0.6) is 0 Å². The topological polar surface area (TPSA) is 75.3 Å². The molecule has 0 saturated heterocycles. The van der Waals surface area contributed by atoms with Crippen molar-refractivity contribution in [3.63, 3.8) is 0 Å². The van der Waals surface area contributed by atoms with E-state index in [-0.39, 0.29) is 10.8 Å². The lowest BCUT2D eigenvalue weighted by Gasteiger charge is -2.20. The molecular weight excluding hydrogens is 368 g/mol. The maximum Gasteiger partial charge on any atom is 0.241 e. The molecule has 2 aromatic rings. The van der Waals surface area contributed by atoms with Gasteiger partial charge in [0.25, 0.3) is 0 Å². The molecule has 2 rings (SSSR count). The minimum absolute atomic E-state index is 0.116. The molecule has 0 heterocycles. The Morgan fingerprint density at radius 2 is 1.62 bits per heavy atom. The number of thioether (sulfide) groups is 1. The number of carbonyl (C=O) groups is 1. The Hall–Kier alpha value is -1.83. The van der Waals surface area contributed by atoms with E-state index in [2.05, 4.69) is 10.0 Å². The normalized spacial score (nSPS) is 12.0. The molecule has 26 heavy (non-hydrogen) atoms. The lowest BCUT2D eigenvalue weighted by molar-refractivity contribution is -0.113. The van der Waals surface area contributed by atoms with E-state index in [9.17, 15) is 13.2 Å². The lowest BCUT2D eigenvalue weighted by Crippen LogP contribution is -2.40. The van der Waals surface area contributed by atoms with E-state index in [1.807, 2.05) is 30.3 Å². The highest BCUT2D eigenvalue weighted by atomic mass is 32.2. The number of hydrogen-bond acceptors (Lipinski definition) is 4. The third kappa shape index (κ3) is 6.82. The molecule has 0 fully saturated rings. The molecular formula is C19H24N2O3S2. The second kappa shape index (κ2) is 8.70. The van der Waals surface area contributed by atoms with Crippen LogP contribution in [0.25, 0.3) is 0 Å². The van der Waals surface area contributed by atoms with Crippen molar-refractivity contribution >= 4 is 33.4 Å². The van der Waals surface area contributed by atoms with Crippen molar-refractivity contribution in [3.8, 4) is 0 Å². The summed E-state index contributed by atoms with van der Waals surface area (Å²) in [4.78, 5) is 12.2. The number of anilines is 1. The predicted molar refractivity (Wildman–Crippen MR) is 108 cm³/mol. The number of benzene rings is 2. The molecule has 140 valence electrons. The zero-order valence-electron chi connectivity index (χ0n) is 15.2. The molecule has 5 nitrogen and oxygen atoms in total. The van der Waals surface area contributed by atoms with Gasteiger partial charge < -0.3 is 5.32 Å². The molecule has 2 N–H and O–H groups in total. The van der Waals surface area contributed by atoms with Gasteiger partial charge in [-0.3, -0.25) is 4.79 Å². The summed E-state index contributed by atoms with van der Waals surface area (Å²) in [5, 5.41) is 2.78. The van der Waals surface area contributed by atoms with E-state index in [0.717, 1.165) is 5.75 Å². The summed E-state index contributed by atoms with van der Waals surface area (Å²) in [5.41, 5.74) is 1.19. The van der Waals surface area contributed by atoms with Gasteiger partial charge in [-0.05, 0) is 50.6 Å². The van der Waals surface area contributed by atoms with Gasteiger partial charge in [-0.1, -0.05) is 30.3 Å². The van der Waals surface area contributed by atoms with Gasteiger partial charge in [0.05, 0.1) is 10.6 Å². The van der Waals surface area contributed by atoms with Crippen LogP contribution in [0, 0.1) is 0 Å². The van der Waals surface area contributed by atoms with Gasteiger partial charge in [0.15, 0.2) is 0 Å². The van der Waals surface area contributed by atoms with Crippen LogP contribution >= 0.6 is 11.8 Å². The van der Waals surface area contributed by atoms with Gasteiger partial charge in [0, 0.05) is 17.0 Å². The zero-order chi connectivity index (χ0) is 19.2. The lowest BCUT2D eigenvalue weighted by atomic mass is 10.1. The fourth-order valence-corrected chi connectivity index (χ4v) is 4.42. The van der Waals surface area contributed by atoms with E-state index in [1.165, 1.54) is 29.5 Å². The highest BCUT2D eigenvalue weighted by Gasteiger charge is 2.21. The Balaban J connectivity index is 1.87. The van der Waals surface area contributed by atoms with Crippen molar-refractivity contribution in [3.05, 3.63) is 60.2 Å². The maximum atomic E-state index is 12.3. The number of hydrogen-bond donors (Lipinski definition) is 2. The van der Waals surface area contributed by atoms with E-state index in [1.54, 1.807) is 32.9 Å². The molecule has 0 radical (unpaired) electrons. The van der Waals surface area contributed by atoms with E-state index < -0.39 is 15.6 Å². The number of carbonyl (C=O) groups excluding carboxylic acids is 1. The van der Waals surface area contributed by atoms with Crippen molar-refractivity contribution in [1.29, 1.82) is 0 Å². The third-order valence-electron chi connectivity index (χ3n) is 3.23. The number of sulfonamides is 1. The van der Waals surface area contributed by atoms with Crippen LogP contribution in [-0.2, 0) is 20.6 Å². The largest absolute Gasteiger partial charge is 0.325 e. The molecule has 2 aromatic carbocycles. The Labute approximate surface area is 159 Å². The van der Waals surface area contributed by atoms with Crippen LogP contribution in [0.2, 0.25) is 0 Å². The van der Waals surface area contributed by atoms with Crippen molar-refractivity contribution in [2.45, 2.75) is 37.0 Å². The first-order chi connectivity index (χ1) is 12.2. The Morgan fingerprint density at radius 1 is 1.00 bits per heavy atom. The first-order valence-electron chi connectivity index (χ1n) is 8.21. The molecule has 0 aliphatic carbocycles. The smallest absolute Gasteiger partial charge is 0.241 e. The summed E-state index contributed by atoms with van der Waals surface area (Å²) in [6.07, 6.45) is 0. The summed E-state index contributed by atoms with van der Waals surface area (Å²) in [5.74, 6) is 0.985. The minimum atomic E-state index is -3.57. The highest BCUT2D eigenvalue weighted by Crippen LogP contribution is 2.17. The van der Waals surface area contributed by atoms with Gasteiger partial charge >= 0.3 is 0 Å². The second-order valence-corrected chi connectivity index (χ2v) is 9.57. The Kier molecular flexibility index (Phi) is 6.86. The van der Waals surface area contributed by atoms with Crippen molar-refractivity contribution in [2.75, 3.05) is 11.1 Å². The standard InChI is InChI=1S/C19H24N2O3S2/c1-19(2,3)21-26(23,24)17-11-9-16(10-12-17)20-18(22)14-25-13-15-7-5-4-6-8-15/h4-12,21H,13-14H2,1-3H3,(H,20,22). The molecule has 0 saturated carbocycles. The van der Waals surface area contributed by atoms with Gasteiger partial charge in [0.1, 0.15) is 0 Å². The van der Waals surface area contributed by atoms with Gasteiger partial charge in [0.2, 0.25) is 15.9 Å². The van der Waals surface area contributed by atoms with Gasteiger partial charge in [-0.2, -0.15) is 0 Å². The summed E-state index contributed by atoms with van der Waals surface area (Å²) in [6.45, 7) is 5.35. The second-order valence-electron chi connectivity index (χ2n) is 6.91. The molecule has 0 spiro atoms. The molecule has 0 aliphatic rings. The number of amides is 1. The zero-order valence-corrected chi connectivity index (χ0v) is 16.8. The van der Waals surface area contributed by atoms with Gasteiger partial charge in [-0.15, -0.1) is 11.8 Å². The number of nitrogens with one attached hydrogen (secondary N) is 2. The summed E-state index contributed by atoms with van der Waals surface area (Å²) >= 11 is 1.53. The molecule has 1 amide bonds. The quantitative estimate of drug-likeness (QED) is 0.754. The fraction of sp³-hybridized carbons (Fsp3) is 0.316. The molecule has 0 aromatic heterocycles. The van der Waals surface area contributed by atoms with E-state index in [0.29, 0.717) is 11.4 Å².